The van der Waals surface area contributed by atoms with Gasteiger partial charge in [-0.25, -0.2) is 4.99 Å². The van der Waals surface area contributed by atoms with Crippen molar-refractivity contribution < 1.29 is 9.15 Å². The van der Waals surface area contributed by atoms with Crippen molar-refractivity contribution in [2.24, 2.45) is 4.99 Å². The van der Waals surface area contributed by atoms with Crippen molar-refractivity contribution in [2.75, 3.05) is 20.2 Å². The van der Waals surface area contributed by atoms with Crippen molar-refractivity contribution >= 4 is 29.9 Å². The van der Waals surface area contributed by atoms with E-state index in [2.05, 4.69) is 22.5 Å². The lowest BCUT2D eigenvalue weighted by molar-refractivity contribution is 0.414. The molecule has 0 aliphatic rings. The lowest BCUT2D eigenvalue weighted by Crippen LogP contribution is -2.38. The maximum Gasteiger partial charge on any atom is 0.191 e. The van der Waals surface area contributed by atoms with Crippen LogP contribution in [0.15, 0.2) is 52.1 Å². The first-order chi connectivity index (χ1) is 10.8. The van der Waals surface area contributed by atoms with Crippen molar-refractivity contribution in [3.05, 3.63) is 54.0 Å². The summed E-state index contributed by atoms with van der Waals surface area (Å²) < 4.78 is 10.5. The Morgan fingerprint density at radius 3 is 2.78 bits per heavy atom. The lowest BCUT2D eigenvalue weighted by Gasteiger charge is -2.11. The zero-order valence-electron chi connectivity index (χ0n) is 13.5. The molecule has 1 aromatic heterocycles. The van der Waals surface area contributed by atoms with Gasteiger partial charge in [-0.2, -0.15) is 0 Å². The molecule has 0 bridgehead atoms. The Kier molecular flexibility index (Phi) is 9.20. The number of benzene rings is 1. The number of hydrogen-bond donors (Lipinski definition) is 2. The standard InChI is InChI=1S/C17H23N3O2.HI/c1-3-18-17(19-10-9-15-8-5-11-22-15)20-13-14-6-4-7-16(12-14)21-2;/h4-8,11-12H,3,9-10,13H2,1-2H3,(H2,18,19,20);1H. The molecule has 2 rings (SSSR count). The summed E-state index contributed by atoms with van der Waals surface area (Å²) in [6.07, 6.45) is 2.52. The number of nitrogens with zero attached hydrogens (tertiary/aromatic N) is 1. The van der Waals surface area contributed by atoms with Crippen LogP contribution in [0.4, 0.5) is 0 Å². The van der Waals surface area contributed by atoms with Gasteiger partial charge in [-0.05, 0) is 36.8 Å². The monoisotopic (exact) mass is 429 g/mol. The van der Waals surface area contributed by atoms with Crippen LogP contribution in [-0.4, -0.2) is 26.2 Å². The molecule has 0 aliphatic heterocycles. The van der Waals surface area contributed by atoms with Gasteiger partial charge in [-0.15, -0.1) is 24.0 Å². The van der Waals surface area contributed by atoms with Gasteiger partial charge in [0.2, 0.25) is 0 Å². The third kappa shape index (κ3) is 6.94. The predicted molar refractivity (Wildman–Crippen MR) is 104 cm³/mol. The fraction of sp³-hybridized carbons (Fsp3) is 0.353. The second kappa shape index (κ2) is 10.9. The highest BCUT2D eigenvalue weighted by Gasteiger charge is 2.00. The van der Waals surface area contributed by atoms with E-state index in [1.165, 1.54) is 0 Å². The van der Waals surface area contributed by atoms with E-state index in [0.717, 1.165) is 42.5 Å². The highest BCUT2D eigenvalue weighted by Crippen LogP contribution is 2.13. The van der Waals surface area contributed by atoms with Crippen LogP contribution in [0.5, 0.6) is 5.75 Å². The van der Waals surface area contributed by atoms with Gasteiger partial charge >= 0.3 is 0 Å². The fourth-order valence-electron chi connectivity index (χ4n) is 2.04. The number of aliphatic imine (C=N–C) groups is 1. The van der Waals surface area contributed by atoms with E-state index in [1.54, 1.807) is 13.4 Å². The maximum atomic E-state index is 5.32. The molecule has 0 unspecified atom stereocenters. The van der Waals surface area contributed by atoms with Gasteiger partial charge in [0.25, 0.3) is 0 Å². The summed E-state index contributed by atoms with van der Waals surface area (Å²) in [6.45, 7) is 4.25. The summed E-state index contributed by atoms with van der Waals surface area (Å²) in [4.78, 5) is 4.59. The van der Waals surface area contributed by atoms with Gasteiger partial charge in [-0.1, -0.05) is 12.1 Å². The Hall–Kier alpha value is -1.70. The molecule has 23 heavy (non-hydrogen) atoms. The van der Waals surface area contributed by atoms with Crippen molar-refractivity contribution in [3.8, 4) is 5.75 Å². The van der Waals surface area contributed by atoms with E-state index in [1.807, 2.05) is 36.4 Å². The van der Waals surface area contributed by atoms with E-state index >= 15 is 0 Å². The third-order valence-corrected chi connectivity index (χ3v) is 3.14. The molecule has 0 saturated heterocycles. The number of furan rings is 1. The Morgan fingerprint density at radius 2 is 2.09 bits per heavy atom. The Bertz CT molecular complexity index is 585. The van der Waals surface area contributed by atoms with Crippen molar-refractivity contribution in [1.82, 2.24) is 10.6 Å². The number of hydrogen-bond acceptors (Lipinski definition) is 3. The number of ether oxygens (including phenoxy) is 1. The molecule has 0 radical (unpaired) electrons. The molecule has 1 heterocycles. The largest absolute Gasteiger partial charge is 0.497 e. The van der Waals surface area contributed by atoms with Gasteiger partial charge in [-0.3, -0.25) is 0 Å². The van der Waals surface area contributed by atoms with E-state index in [-0.39, 0.29) is 24.0 Å². The number of methoxy groups -OCH3 is 1. The summed E-state index contributed by atoms with van der Waals surface area (Å²) in [5.41, 5.74) is 1.11. The second-order valence-electron chi connectivity index (χ2n) is 4.80. The van der Waals surface area contributed by atoms with E-state index in [4.69, 9.17) is 9.15 Å². The summed E-state index contributed by atoms with van der Waals surface area (Å²) in [5, 5.41) is 6.54. The molecular weight excluding hydrogens is 405 g/mol. The quantitative estimate of drug-likeness (QED) is 0.403. The molecule has 6 heteroatoms. The molecule has 126 valence electrons. The molecule has 0 aliphatic carbocycles. The summed E-state index contributed by atoms with van der Waals surface area (Å²) in [5.74, 6) is 2.62. The molecule has 0 atom stereocenters. The highest BCUT2D eigenvalue weighted by molar-refractivity contribution is 14.0. The van der Waals surface area contributed by atoms with Crippen LogP contribution in [0.25, 0.3) is 0 Å². The van der Waals surface area contributed by atoms with Gasteiger partial charge in [0.05, 0.1) is 19.9 Å². The molecule has 5 nitrogen and oxygen atoms in total. The van der Waals surface area contributed by atoms with Crippen LogP contribution < -0.4 is 15.4 Å². The molecule has 0 saturated carbocycles. The first kappa shape index (κ1) is 19.3. The van der Waals surface area contributed by atoms with E-state index < -0.39 is 0 Å². The average molecular weight is 429 g/mol. The normalized spacial score (nSPS) is 10.8. The zero-order valence-corrected chi connectivity index (χ0v) is 15.9. The Morgan fingerprint density at radius 1 is 1.22 bits per heavy atom. The topological polar surface area (TPSA) is 58.8 Å². The molecule has 0 spiro atoms. The van der Waals surface area contributed by atoms with Crippen LogP contribution in [0.1, 0.15) is 18.2 Å². The van der Waals surface area contributed by atoms with Crippen molar-refractivity contribution in [1.29, 1.82) is 0 Å². The van der Waals surface area contributed by atoms with E-state index in [9.17, 15) is 0 Å². The number of guanidine groups is 1. The first-order valence-electron chi connectivity index (χ1n) is 7.49. The van der Waals surface area contributed by atoms with Gasteiger partial charge in [0.1, 0.15) is 11.5 Å². The smallest absolute Gasteiger partial charge is 0.191 e. The lowest BCUT2D eigenvalue weighted by atomic mass is 10.2. The molecule has 2 aromatic rings. The number of rotatable bonds is 7. The molecular formula is C17H24IN3O2. The van der Waals surface area contributed by atoms with Crippen LogP contribution >= 0.6 is 24.0 Å². The van der Waals surface area contributed by atoms with Crippen molar-refractivity contribution in [2.45, 2.75) is 19.9 Å². The summed E-state index contributed by atoms with van der Waals surface area (Å²) in [7, 11) is 1.67. The van der Waals surface area contributed by atoms with Crippen LogP contribution in [0.3, 0.4) is 0 Å². The maximum absolute atomic E-state index is 5.32. The van der Waals surface area contributed by atoms with Crippen LogP contribution in [0, 0.1) is 0 Å². The summed E-state index contributed by atoms with van der Waals surface area (Å²) in [6, 6.07) is 11.8. The van der Waals surface area contributed by atoms with Gasteiger partial charge in [0.15, 0.2) is 5.96 Å². The van der Waals surface area contributed by atoms with Crippen LogP contribution in [0.2, 0.25) is 0 Å². The molecule has 2 N–H and O–H groups in total. The number of halogens is 1. The summed E-state index contributed by atoms with van der Waals surface area (Å²) >= 11 is 0. The van der Waals surface area contributed by atoms with E-state index in [0.29, 0.717) is 6.54 Å². The SMILES string of the molecule is CCNC(=NCc1cccc(OC)c1)NCCc1ccco1.I. The third-order valence-electron chi connectivity index (χ3n) is 3.14. The molecule has 0 fully saturated rings. The fourth-order valence-corrected chi connectivity index (χ4v) is 2.04. The molecule has 1 aromatic carbocycles. The number of nitrogens with one attached hydrogen (secondary N) is 2. The predicted octanol–water partition coefficient (Wildman–Crippen LogP) is 3.20. The van der Waals surface area contributed by atoms with Crippen molar-refractivity contribution in [3.63, 3.8) is 0 Å². The Balaban J connectivity index is 0.00000264. The highest BCUT2D eigenvalue weighted by atomic mass is 127. The molecule has 0 amide bonds. The minimum atomic E-state index is 0. The minimum absolute atomic E-state index is 0. The zero-order chi connectivity index (χ0) is 15.6. The second-order valence-corrected chi connectivity index (χ2v) is 4.80. The van der Waals surface area contributed by atoms with Crippen LogP contribution in [-0.2, 0) is 13.0 Å². The minimum Gasteiger partial charge on any atom is -0.497 e. The Labute approximate surface area is 154 Å². The average Bonchev–Trinajstić information content (AvgIpc) is 3.06. The van der Waals surface area contributed by atoms with Gasteiger partial charge < -0.3 is 19.8 Å². The first-order valence-corrected chi connectivity index (χ1v) is 7.49. The van der Waals surface area contributed by atoms with Gasteiger partial charge in [0, 0.05) is 19.5 Å².